The number of hydrogen-bond donors (Lipinski definition) is 1. The fourth-order valence-electron chi connectivity index (χ4n) is 1.92. The van der Waals surface area contributed by atoms with Gasteiger partial charge in [0, 0.05) is 24.7 Å². The van der Waals surface area contributed by atoms with Gasteiger partial charge in [-0.25, -0.2) is 9.97 Å². The molecule has 2 aromatic rings. The van der Waals surface area contributed by atoms with Crippen molar-refractivity contribution in [1.82, 2.24) is 15.3 Å². The van der Waals surface area contributed by atoms with E-state index in [1.807, 2.05) is 19.3 Å². The van der Waals surface area contributed by atoms with E-state index < -0.39 is 0 Å². The van der Waals surface area contributed by atoms with Crippen molar-refractivity contribution in [3.63, 3.8) is 0 Å². The zero-order valence-corrected chi connectivity index (χ0v) is 11.2. The summed E-state index contributed by atoms with van der Waals surface area (Å²) in [5.74, 6) is 0.891. The summed E-state index contributed by atoms with van der Waals surface area (Å²) in [7, 11) is 1.94. The van der Waals surface area contributed by atoms with Gasteiger partial charge < -0.3 is 5.32 Å². The quantitative estimate of drug-likeness (QED) is 0.893. The molecule has 0 aliphatic heterocycles. The Balaban J connectivity index is 2.35. The summed E-state index contributed by atoms with van der Waals surface area (Å²) in [4.78, 5) is 8.93. The summed E-state index contributed by atoms with van der Waals surface area (Å²) in [5.41, 5.74) is 4.71. The Morgan fingerprint density at radius 1 is 1.17 bits per heavy atom. The third-order valence-electron chi connectivity index (χ3n) is 2.97. The van der Waals surface area contributed by atoms with Crippen molar-refractivity contribution in [3.05, 3.63) is 47.4 Å². The summed E-state index contributed by atoms with van der Waals surface area (Å²) < 4.78 is 0. The van der Waals surface area contributed by atoms with Crippen LogP contribution in [0, 0.1) is 13.8 Å². The molecule has 0 aliphatic carbocycles. The molecule has 3 nitrogen and oxygen atoms in total. The Hall–Kier alpha value is -1.74. The highest BCUT2D eigenvalue weighted by Gasteiger charge is 2.05. The normalized spacial score (nSPS) is 10.6. The number of nitrogens with one attached hydrogen (secondary N) is 1. The van der Waals surface area contributed by atoms with Gasteiger partial charge in [0.15, 0.2) is 0 Å². The molecule has 0 bridgehead atoms. The molecule has 18 heavy (non-hydrogen) atoms. The van der Waals surface area contributed by atoms with Gasteiger partial charge in [-0.3, -0.25) is 0 Å². The first-order valence-corrected chi connectivity index (χ1v) is 6.25. The van der Waals surface area contributed by atoms with Crippen LogP contribution in [-0.4, -0.2) is 23.6 Å². The van der Waals surface area contributed by atoms with Crippen molar-refractivity contribution in [2.24, 2.45) is 0 Å². The summed E-state index contributed by atoms with van der Waals surface area (Å²) in [6, 6.07) is 8.42. The van der Waals surface area contributed by atoms with Crippen molar-refractivity contribution < 1.29 is 0 Å². The van der Waals surface area contributed by atoms with Gasteiger partial charge in [0.1, 0.15) is 5.82 Å². The minimum Gasteiger partial charge on any atom is -0.319 e. The molecule has 3 heteroatoms. The Morgan fingerprint density at radius 2 is 2.00 bits per heavy atom. The summed E-state index contributed by atoms with van der Waals surface area (Å²) in [5, 5.41) is 3.12. The molecule has 1 heterocycles. The molecule has 1 aromatic carbocycles. The third-order valence-corrected chi connectivity index (χ3v) is 2.97. The molecule has 2 rings (SSSR count). The summed E-state index contributed by atoms with van der Waals surface area (Å²) in [6.07, 6.45) is 2.70. The second-order valence-electron chi connectivity index (χ2n) is 4.53. The van der Waals surface area contributed by atoms with E-state index in [1.54, 1.807) is 0 Å². The van der Waals surface area contributed by atoms with E-state index in [1.165, 1.54) is 16.7 Å². The minimum atomic E-state index is 0.856. The molecule has 1 N–H and O–H groups in total. The molecule has 0 fully saturated rings. The van der Waals surface area contributed by atoms with Crippen molar-refractivity contribution in [2.45, 2.75) is 20.3 Å². The van der Waals surface area contributed by atoms with Gasteiger partial charge in [0.2, 0.25) is 0 Å². The molecule has 1 aromatic heterocycles. The van der Waals surface area contributed by atoms with Crippen LogP contribution < -0.4 is 5.32 Å². The van der Waals surface area contributed by atoms with Gasteiger partial charge in [-0.05, 0) is 38.6 Å². The highest BCUT2D eigenvalue weighted by molar-refractivity contribution is 5.64. The van der Waals surface area contributed by atoms with Crippen LogP contribution >= 0.6 is 0 Å². The Labute approximate surface area is 108 Å². The fraction of sp³-hybridized carbons (Fsp3) is 0.333. The van der Waals surface area contributed by atoms with Gasteiger partial charge in [0.05, 0.1) is 5.69 Å². The maximum absolute atomic E-state index is 4.63. The SMILES string of the molecule is CNCCc1nccc(-c2cc(C)ccc2C)n1. The number of rotatable bonds is 4. The maximum Gasteiger partial charge on any atom is 0.130 e. The van der Waals surface area contributed by atoms with Crippen LogP contribution in [0.15, 0.2) is 30.5 Å². The second kappa shape index (κ2) is 5.74. The van der Waals surface area contributed by atoms with Crippen LogP contribution in [0.2, 0.25) is 0 Å². The lowest BCUT2D eigenvalue weighted by molar-refractivity contribution is 0.756. The van der Waals surface area contributed by atoms with Crippen LogP contribution in [0.5, 0.6) is 0 Å². The molecule has 0 aliphatic rings. The number of aromatic nitrogens is 2. The molecule has 0 atom stereocenters. The molecular formula is C15H19N3. The van der Waals surface area contributed by atoms with Gasteiger partial charge in [0.25, 0.3) is 0 Å². The second-order valence-corrected chi connectivity index (χ2v) is 4.53. The molecule has 0 spiro atoms. The zero-order chi connectivity index (χ0) is 13.0. The maximum atomic E-state index is 4.63. The number of hydrogen-bond acceptors (Lipinski definition) is 3. The summed E-state index contributed by atoms with van der Waals surface area (Å²) >= 11 is 0. The predicted molar refractivity (Wildman–Crippen MR) is 74.6 cm³/mol. The number of likely N-dealkylation sites (N-methyl/N-ethyl adjacent to an activating group) is 1. The monoisotopic (exact) mass is 241 g/mol. The van der Waals surface area contributed by atoms with Crippen LogP contribution in [-0.2, 0) is 6.42 Å². The molecule has 0 amide bonds. The molecule has 0 saturated heterocycles. The van der Waals surface area contributed by atoms with Crippen molar-refractivity contribution in [3.8, 4) is 11.3 Å². The van der Waals surface area contributed by atoms with Gasteiger partial charge in [-0.2, -0.15) is 0 Å². The van der Waals surface area contributed by atoms with E-state index in [9.17, 15) is 0 Å². The average molecular weight is 241 g/mol. The Kier molecular flexibility index (Phi) is 4.05. The van der Waals surface area contributed by atoms with Crippen molar-refractivity contribution in [1.29, 1.82) is 0 Å². The van der Waals surface area contributed by atoms with Gasteiger partial charge in [-0.15, -0.1) is 0 Å². The molecule has 0 unspecified atom stereocenters. The average Bonchev–Trinajstić information content (AvgIpc) is 2.39. The van der Waals surface area contributed by atoms with Gasteiger partial charge in [-0.1, -0.05) is 17.7 Å². The lowest BCUT2D eigenvalue weighted by atomic mass is 10.0. The Bertz CT molecular complexity index is 535. The van der Waals surface area contributed by atoms with Crippen LogP contribution in [0.25, 0.3) is 11.3 Å². The van der Waals surface area contributed by atoms with E-state index in [0.29, 0.717) is 0 Å². The van der Waals surface area contributed by atoms with E-state index in [0.717, 1.165) is 24.5 Å². The van der Waals surface area contributed by atoms with E-state index in [4.69, 9.17) is 0 Å². The molecule has 0 saturated carbocycles. The van der Waals surface area contributed by atoms with E-state index in [2.05, 4.69) is 47.3 Å². The van der Waals surface area contributed by atoms with Crippen molar-refractivity contribution >= 4 is 0 Å². The highest BCUT2D eigenvalue weighted by Crippen LogP contribution is 2.22. The fourth-order valence-corrected chi connectivity index (χ4v) is 1.92. The van der Waals surface area contributed by atoms with Crippen LogP contribution in [0.1, 0.15) is 17.0 Å². The summed E-state index contributed by atoms with van der Waals surface area (Å²) in [6.45, 7) is 5.12. The first-order chi connectivity index (χ1) is 8.70. The van der Waals surface area contributed by atoms with Gasteiger partial charge >= 0.3 is 0 Å². The number of aryl methyl sites for hydroxylation is 2. The van der Waals surface area contributed by atoms with Crippen LogP contribution in [0.4, 0.5) is 0 Å². The van der Waals surface area contributed by atoms with Crippen LogP contribution in [0.3, 0.4) is 0 Å². The Morgan fingerprint density at radius 3 is 2.78 bits per heavy atom. The topological polar surface area (TPSA) is 37.8 Å². The number of benzene rings is 1. The lowest BCUT2D eigenvalue weighted by Crippen LogP contribution is -2.12. The van der Waals surface area contributed by atoms with E-state index in [-0.39, 0.29) is 0 Å². The molecule has 94 valence electrons. The largest absolute Gasteiger partial charge is 0.319 e. The standard InChI is InChI=1S/C15H19N3/c1-11-4-5-12(2)13(10-11)14-6-9-17-15(18-14)7-8-16-3/h4-6,9-10,16H,7-8H2,1-3H3. The van der Waals surface area contributed by atoms with E-state index >= 15 is 0 Å². The lowest BCUT2D eigenvalue weighted by Gasteiger charge is -2.08. The molecular weight excluding hydrogens is 222 g/mol. The predicted octanol–water partition coefficient (Wildman–Crippen LogP) is 2.52. The number of nitrogens with zero attached hydrogens (tertiary/aromatic N) is 2. The third kappa shape index (κ3) is 2.93. The first-order valence-electron chi connectivity index (χ1n) is 6.25. The highest BCUT2D eigenvalue weighted by atomic mass is 14.9. The minimum absolute atomic E-state index is 0.856. The van der Waals surface area contributed by atoms with Crippen molar-refractivity contribution in [2.75, 3.05) is 13.6 Å². The zero-order valence-electron chi connectivity index (χ0n) is 11.2. The first kappa shape index (κ1) is 12.7. The molecule has 0 radical (unpaired) electrons. The smallest absolute Gasteiger partial charge is 0.130 e.